The molecule has 1 atom stereocenters. The second kappa shape index (κ2) is 8.86. The normalized spacial score (nSPS) is 16.8. The van der Waals surface area contributed by atoms with Crippen molar-refractivity contribution < 1.29 is 32.0 Å². The molecule has 0 bridgehead atoms. The van der Waals surface area contributed by atoms with Gasteiger partial charge in [-0.05, 0) is 30.3 Å². The SMILES string of the molecule is N#CC1CC(F)(F)CN1C(=O)CNC(=O)c1ccncc1NC(=O)c1cc2cc(F)ccc2o1. The second-order valence-electron chi connectivity index (χ2n) is 7.58. The van der Waals surface area contributed by atoms with Gasteiger partial charge in [0.05, 0.1) is 36.6 Å². The van der Waals surface area contributed by atoms with Gasteiger partial charge in [0.2, 0.25) is 5.91 Å². The summed E-state index contributed by atoms with van der Waals surface area (Å²) in [5.74, 6) is -6.16. The average molecular weight is 471 g/mol. The second-order valence-corrected chi connectivity index (χ2v) is 7.58. The standard InChI is InChI=1S/C22H16F3N5O4/c23-13-1-2-17-12(5-13)6-18(34-17)21(33)29-16-9-27-4-3-15(16)20(32)28-10-19(31)30-11-22(24,25)7-14(30)8-26/h1-6,9,14H,7,10-11H2,(H,28,32)(H,29,33). The molecule has 1 unspecified atom stereocenters. The summed E-state index contributed by atoms with van der Waals surface area (Å²) in [7, 11) is 0. The Hall–Kier alpha value is -4.40. The van der Waals surface area contributed by atoms with E-state index in [0.717, 1.165) is 4.90 Å². The van der Waals surface area contributed by atoms with Gasteiger partial charge in [-0.25, -0.2) is 13.2 Å². The van der Waals surface area contributed by atoms with Gasteiger partial charge < -0.3 is 20.0 Å². The lowest BCUT2D eigenvalue weighted by molar-refractivity contribution is -0.131. The van der Waals surface area contributed by atoms with Crippen molar-refractivity contribution >= 4 is 34.4 Å². The van der Waals surface area contributed by atoms with Gasteiger partial charge in [-0.3, -0.25) is 19.4 Å². The lowest BCUT2D eigenvalue weighted by Crippen LogP contribution is -2.43. The van der Waals surface area contributed by atoms with Gasteiger partial charge in [0.1, 0.15) is 17.4 Å². The summed E-state index contributed by atoms with van der Waals surface area (Å²) in [6.07, 6.45) is 1.71. The van der Waals surface area contributed by atoms with E-state index in [9.17, 15) is 27.6 Å². The zero-order valence-corrected chi connectivity index (χ0v) is 17.3. The largest absolute Gasteiger partial charge is 0.451 e. The minimum atomic E-state index is -3.18. The molecule has 1 aliphatic rings. The van der Waals surface area contributed by atoms with Gasteiger partial charge in [-0.15, -0.1) is 0 Å². The number of rotatable bonds is 5. The summed E-state index contributed by atoms with van der Waals surface area (Å²) in [6.45, 7) is -1.53. The molecule has 9 nitrogen and oxygen atoms in total. The van der Waals surface area contributed by atoms with Gasteiger partial charge in [-0.2, -0.15) is 5.26 Å². The van der Waals surface area contributed by atoms with Crippen molar-refractivity contribution in [2.75, 3.05) is 18.4 Å². The van der Waals surface area contributed by atoms with Gasteiger partial charge in [0.25, 0.3) is 17.7 Å². The number of nitrogens with one attached hydrogen (secondary N) is 2. The number of nitriles is 1. The number of fused-ring (bicyclic) bond motifs is 1. The quantitative estimate of drug-likeness (QED) is 0.589. The van der Waals surface area contributed by atoms with Crippen LogP contribution in [0, 0.1) is 17.1 Å². The number of furan rings is 1. The molecular formula is C22H16F3N5O4. The van der Waals surface area contributed by atoms with E-state index in [-0.39, 0.29) is 22.6 Å². The average Bonchev–Trinajstić information content (AvgIpc) is 3.37. The van der Waals surface area contributed by atoms with Crippen molar-refractivity contribution in [2.45, 2.75) is 18.4 Å². The minimum absolute atomic E-state index is 0.00769. The molecule has 174 valence electrons. The van der Waals surface area contributed by atoms with E-state index in [0.29, 0.717) is 5.39 Å². The van der Waals surface area contributed by atoms with Gasteiger partial charge in [-0.1, -0.05) is 0 Å². The topological polar surface area (TPSA) is 128 Å². The maximum atomic E-state index is 13.6. The number of likely N-dealkylation sites (tertiary alicyclic amines) is 1. The van der Waals surface area contributed by atoms with E-state index in [1.54, 1.807) is 6.07 Å². The summed E-state index contributed by atoms with van der Waals surface area (Å²) in [5.41, 5.74) is 0.228. The van der Waals surface area contributed by atoms with Crippen molar-refractivity contribution in [3.63, 3.8) is 0 Å². The first-order valence-corrected chi connectivity index (χ1v) is 9.96. The van der Waals surface area contributed by atoms with Crippen LogP contribution in [0.15, 0.2) is 47.1 Å². The van der Waals surface area contributed by atoms with Crippen LogP contribution < -0.4 is 10.6 Å². The van der Waals surface area contributed by atoms with Crippen LogP contribution in [0.2, 0.25) is 0 Å². The Labute approximate surface area is 190 Å². The highest BCUT2D eigenvalue weighted by atomic mass is 19.3. The number of alkyl halides is 2. The van der Waals surface area contributed by atoms with Crippen molar-refractivity contribution in [3.8, 4) is 6.07 Å². The van der Waals surface area contributed by atoms with Crippen LogP contribution in [-0.4, -0.2) is 52.7 Å². The van der Waals surface area contributed by atoms with Gasteiger partial charge in [0.15, 0.2) is 5.76 Å². The Morgan fingerprint density at radius 3 is 2.79 bits per heavy atom. The summed E-state index contributed by atoms with van der Waals surface area (Å²) in [6, 6.07) is 6.74. The molecule has 2 N–H and O–H groups in total. The Balaban J connectivity index is 1.44. The first-order chi connectivity index (χ1) is 16.2. The van der Waals surface area contributed by atoms with Crippen LogP contribution in [0.25, 0.3) is 11.0 Å². The predicted molar refractivity (Wildman–Crippen MR) is 111 cm³/mol. The molecule has 0 spiro atoms. The number of halogens is 3. The fraction of sp³-hybridized carbons (Fsp3) is 0.227. The van der Waals surface area contributed by atoms with Crippen molar-refractivity contribution in [1.29, 1.82) is 5.26 Å². The highest BCUT2D eigenvalue weighted by molar-refractivity contribution is 6.09. The first-order valence-electron chi connectivity index (χ1n) is 9.96. The molecule has 0 saturated carbocycles. The fourth-order valence-electron chi connectivity index (χ4n) is 3.55. The van der Waals surface area contributed by atoms with Gasteiger partial charge >= 0.3 is 0 Å². The van der Waals surface area contributed by atoms with E-state index in [1.165, 1.54) is 42.7 Å². The zero-order chi connectivity index (χ0) is 24.5. The van der Waals surface area contributed by atoms with E-state index in [1.807, 2.05) is 0 Å². The van der Waals surface area contributed by atoms with Crippen LogP contribution in [-0.2, 0) is 4.79 Å². The van der Waals surface area contributed by atoms with Crippen LogP contribution >= 0.6 is 0 Å². The first kappa shape index (κ1) is 22.8. The van der Waals surface area contributed by atoms with Crippen molar-refractivity contribution in [1.82, 2.24) is 15.2 Å². The predicted octanol–water partition coefficient (Wildman–Crippen LogP) is 2.71. The summed E-state index contributed by atoms with van der Waals surface area (Å²) < 4.78 is 45.9. The number of benzene rings is 1. The molecule has 1 aliphatic heterocycles. The monoisotopic (exact) mass is 471 g/mol. The molecule has 3 heterocycles. The van der Waals surface area contributed by atoms with Crippen LogP contribution in [0.1, 0.15) is 27.3 Å². The third kappa shape index (κ3) is 4.68. The number of carbonyl (C=O) groups excluding carboxylic acids is 3. The van der Waals surface area contributed by atoms with E-state index in [2.05, 4.69) is 15.6 Å². The number of anilines is 1. The summed E-state index contributed by atoms with van der Waals surface area (Å²) in [4.78, 5) is 42.1. The minimum Gasteiger partial charge on any atom is -0.451 e. The number of pyridine rings is 1. The molecule has 0 aliphatic carbocycles. The lowest BCUT2D eigenvalue weighted by Gasteiger charge is -2.19. The van der Waals surface area contributed by atoms with E-state index < -0.39 is 55.0 Å². The Morgan fingerprint density at radius 2 is 2.03 bits per heavy atom. The molecule has 4 rings (SSSR count). The van der Waals surface area contributed by atoms with Crippen LogP contribution in [0.5, 0.6) is 0 Å². The highest BCUT2D eigenvalue weighted by Crippen LogP contribution is 2.31. The lowest BCUT2D eigenvalue weighted by atomic mass is 10.2. The maximum Gasteiger partial charge on any atom is 0.291 e. The van der Waals surface area contributed by atoms with E-state index in [4.69, 9.17) is 9.68 Å². The maximum absolute atomic E-state index is 13.6. The third-order valence-corrected chi connectivity index (χ3v) is 5.16. The fourth-order valence-corrected chi connectivity index (χ4v) is 3.55. The number of nitrogens with zero attached hydrogens (tertiary/aromatic N) is 3. The third-order valence-electron chi connectivity index (χ3n) is 5.16. The van der Waals surface area contributed by atoms with Crippen molar-refractivity contribution in [3.05, 3.63) is 59.9 Å². The molecule has 1 aromatic carbocycles. The van der Waals surface area contributed by atoms with Crippen molar-refractivity contribution in [2.24, 2.45) is 0 Å². The molecule has 34 heavy (non-hydrogen) atoms. The smallest absolute Gasteiger partial charge is 0.291 e. The zero-order valence-electron chi connectivity index (χ0n) is 17.3. The number of hydrogen-bond donors (Lipinski definition) is 2. The molecule has 3 amide bonds. The Bertz CT molecular complexity index is 1330. The Morgan fingerprint density at radius 1 is 1.24 bits per heavy atom. The highest BCUT2D eigenvalue weighted by Gasteiger charge is 2.47. The van der Waals surface area contributed by atoms with Crippen LogP contribution in [0.4, 0.5) is 18.9 Å². The number of aromatic nitrogens is 1. The molecule has 2 aromatic heterocycles. The van der Waals surface area contributed by atoms with Gasteiger partial charge in [0, 0.05) is 18.0 Å². The van der Waals surface area contributed by atoms with Crippen LogP contribution in [0.3, 0.4) is 0 Å². The molecule has 1 fully saturated rings. The summed E-state index contributed by atoms with van der Waals surface area (Å²) in [5, 5.41) is 14.1. The van der Waals surface area contributed by atoms with E-state index >= 15 is 0 Å². The number of amides is 3. The number of carbonyl (C=O) groups is 3. The molecule has 0 radical (unpaired) electrons. The molecule has 3 aromatic rings. The molecule has 12 heteroatoms. The Kier molecular flexibility index (Phi) is 5.93. The number of hydrogen-bond acceptors (Lipinski definition) is 6. The molecular weight excluding hydrogens is 455 g/mol. The summed E-state index contributed by atoms with van der Waals surface area (Å²) >= 11 is 0. The molecule has 1 saturated heterocycles.